The second-order valence-corrected chi connectivity index (χ2v) is 10.3. The number of allylic oxidation sites excluding steroid dienone is 2. The molecule has 0 bridgehead atoms. The van der Waals surface area contributed by atoms with Gasteiger partial charge in [0.25, 0.3) is 0 Å². The van der Waals surface area contributed by atoms with E-state index in [1.807, 2.05) is 13.8 Å². The van der Waals surface area contributed by atoms with Crippen LogP contribution in [-0.4, -0.2) is 29.0 Å². The Bertz CT molecular complexity index is 1260. The highest BCUT2D eigenvalue weighted by Gasteiger charge is 2.86. The summed E-state index contributed by atoms with van der Waals surface area (Å²) in [6.45, 7) is 3.82. The van der Waals surface area contributed by atoms with Crippen LogP contribution in [0, 0.1) is 0 Å². The molecule has 8 heteroatoms. The Labute approximate surface area is 211 Å². The van der Waals surface area contributed by atoms with Crippen LogP contribution in [0.2, 0.25) is 0 Å². The van der Waals surface area contributed by atoms with E-state index in [1.165, 1.54) is 12.1 Å². The number of hydrogen-bond donors (Lipinski definition) is 0. The van der Waals surface area contributed by atoms with Crippen LogP contribution in [0.15, 0.2) is 59.7 Å². The van der Waals surface area contributed by atoms with Crippen molar-refractivity contribution in [2.45, 2.75) is 81.3 Å². The molecule has 0 N–H and O–H groups in total. The van der Waals surface area contributed by atoms with Crippen LogP contribution in [0.5, 0.6) is 11.5 Å². The summed E-state index contributed by atoms with van der Waals surface area (Å²) in [6, 6.07) is 12.5. The minimum absolute atomic E-state index is 0.133. The van der Waals surface area contributed by atoms with Crippen molar-refractivity contribution in [2.75, 3.05) is 0 Å². The summed E-state index contributed by atoms with van der Waals surface area (Å²) in [5.41, 5.74) is -6.31. The Hall–Kier alpha value is -2.90. The number of hydrogen-bond acceptors (Lipinski definition) is 2. The average Bonchev–Trinajstić information content (AvgIpc) is 3.42. The second kappa shape index (κ2) is 7.58. The number of unbranched alkanes of at least 4 members (excludes halogenated alkanes) is 2. The van der Waals surface area contributed by atoms with Crippen molar-refractivity contribution in [1.29, 1.82) is 0 Å². The third-order valence-electron chi connectivity index (χ3n) is 8.27. The minimum Gasteiger partial charge on any atom is -0.477 e. The van der Waals surface area contributed by atoms with Crippen molar-refractivity contribution >= 4 is 11.1 Å². The van der Waals surface area contributed by atoms with Crippen LogP contribution in [0.3, 0.4) is 0 Å². The van der Waals surface area contributed by atoms with E-state index >= 15 is 26.3 Å². The lowest BCUT2D eigenvalue weighted by Crippen LogP contribution is -2.61. The maximum absolute atomic E-state index is 15.8. The van der Waals surface area contributed by atoms with Crippen LogP contribution in [0.1, 0.15) is 63.5 Å². The zero-order valence-corrected chi connectivity index (χ0v) is 20.4. The normalized spacial score (nSPS) is 29.2. The van der Waals surface area contributed by atoms with Crippen molar-refractivity contribution in [1.82, 2.24) is 0 Å². The Morgan fingerprint density at radius 2 is 0.946 bits per heavy atom. The molecule has 2 atom stereocenters. The van der Waals surface area contributed by atoms with E-state index in [0.717, 1.165) is 0 Å². The first-order chi connectivity index (χ1) is 17.5. The molecular formula is C29H26F6O2. The first-order valence-electron chi connectivity index (χ1n) is 12.7. The lowest BCUT2D eigenvalue weighted by atomic mass is 9.60. The number of alkyl halides is 6. The SMILES string of the molecule is CCCC[C@@]12Oc3ccccc3C1=C1C(=C3c4ccccc4O[C@]32CCCC)C(F)(F)C(F)(F)C1(F)F. The van der Waals surface area contributed by atoms with Crippen molar-refractivity contribution in [3.8, 4) is 11.5 Å². The molecular weight excluding hydrogens is 494 g/mol. The molecule has 0 unspecified atom stereocenters. The van der Waals surface area contributed by atoms with Crippen LogP contribution >= 0.6 is 0 Å². The van der Waals surface area contributed by atoms with Gasteiger partial charge >= 0.3 is 17.8 Å². The molecule has 1 fully saturated rings. The van der Waals surface area contributed by atoms with Gasteiger partial charge in [-0.1, -0.05) is 63.1 Å². The largest absolute Gasteiger partial charge is 0.477 e. The molecule has 2 aliphatic heterocycles. The van der Waals surface area contributed by atoms with Gasteiger partial charge in [-0.15, -0.1) is 0 Å². The van der Waals surface area contributed by atoms with Gasteiger partial charge in [0.1, 0.15) is 11.5 Å². The molecule has 1 saturated carbocycles. The molecule has 2 heterocycles. The summed E-state index contributed by atoms with van der Waals surface area (Å²) >= 11 is 0. The Morgan fingerprint density at radius 3 is 1.32 bits per heavy atom. The van der Waals surface area contributed by atoms with Crippen LogP contribution < -0.4 is 9.47 Å². The lowest BCUT2D eigenvalue weighted by molar-refractivity contribution is -0.257. The van der Waals surface area contributed by atoms with Crippen LogP contribution in [0.25, 0.3) is 11.1 Å². The van der Waals surface area contributed by atoms with Crippen molar-refractivity contribution in [3.63, 3.8) is 0 Å². The maximum Gasteiger partial charge on any atom is 0.380 e. The van der Waals surface area contributed by atoms with Gasteiger partial charge in [-0.05, 0) is 37.8 Å². The van der Waals surface area contributed by atoms with E-state index < -0.39 is 40.1 Å². The fraction of sp³-hybridized carbons (Fsp3) is 0.448. The monoisotopic (exact) mass is 520 g/mol. The summed E-state index contributed by atoms with van der Waals surface area (Å²) in [5, 5.41) is 0. The van der Waals surface area contributed by atoms with E-state index in [0.29, 0.717) is 25.7 Å². The molecule has 6 rings (SSSR count). The third kappa shape index (κ3) is 2.64. The number of fused-ring (bicyclic) bond motifs is 8. The zero-order valence-electron chi connectivity index (χ0n) is 20.4. The van der Waals surface area contributed by atoms with Gasteiger partial charge in [0.2, 0.25) is 0 Å². The number of benzene rings is 2. The molecule has 37 heavy (non-hydrogen) atoms. The Kier molecular flexibility index (Phi) is 5.00. The molecule has 0 saturated heterocycles. The van der Waals surface area contributed by atoms with Gasteiger partial charge in [-0.3, -0.25) is 0 Å². The number of para-hydroxylation sites is 2. The first kappa shape index (κ1) is 24.4. The Balaban J connectivity index is 1.83. The smallest absolute Gasteiger partial charge is 0.380 e. The summed E-state index contributed by atoms with van der Waals surface area (Å²) in [7, 11) is 0. The van der Waals surface area contributed by atoms with Gasteiger partial charge in [0.15, 0.2) is 11.2 Å². The van der Waals surface area contributed by atoms with E-state index in [9.17, 15) is 0 Å². The highest BCUT2D eigenvalue weighted by atomic mass is 19.3. The fourth-order valence-corrected chi connectivity index (χ4v) is 6.68. The molecule has 0 aromatic heterocycles. The van der Waals surface area contributed by atoms with Crippen molar-refractivity contribution in [3.05, 3.63) is 70.8 Å². The highest BCUT2D eigenvalue weighted by Crippen LogP contribution is 2.74. The lowest BCUT2D eigenvalue weighted by Gasteiger charge is -2.50. The Morgan fingerprint density at radius 1 is 0.568 bits per heavy atom. The average molecular weight is 521 g/mol. The van der Waals surface area contributed by atoms with Crippen molar-refractivity contribution < 1.29 is 35.8 Å². The van der Waals surface area contributed by atoms with Gasteiger partial charge in [-0.2, -0.15) is 26.3 Å². The first-order valence-corrected chi connectivity index (χ1v) is 12.7. The molecule has 0 radical (unpaired) electrons. The molecule has 2 nitrogen and oxygen atoms in total. The maximum atomic E-state index is 15.8. The summed E-state index contributed by atoms with van der Waals surface area (Å²) in [5.74, 6) is -15.5. The molecule has 2 aromatic rings. The molecule has 2 aliphatic carbocycles. The van der Waals surface area contributed by atoms with Gasteiger partial charge < -0.3 is 9.47 Å². The fourth-order valence-electron chi connectivity index (χ4n) is 6.68. The predicted molar refractivity (Wildman–Crippen MR) is 127 cm³/mol. The summed E-state index contributed by atoms with van der Waals surface area (Å²) in [6.07, 6.45) is 2.54. The van der Waals surface area contributed by atoms with Crippen LogP contribution in [-0.2, 0) is 0 Å². The van der Waals surface area contributed by atoms with Gasteiger partial charge in [0, 0.05) is 33.4 Å². The molecule has 0 spiro atoms. The van der Waals surface area contributed by atoms with E-state index in [2.05, 4.69) is 0 Å². The number of ether oxygens (including phenoxy) is 2. The third-order valence-corrected chi connectivity index (χ3v) is 8.27. The summed E-state index contributed by atoms with van der Waals surface area (Å²) in [4.78, 5) is 0. The highest BCUT2D eigenvalue weighted by molar-refractivity contribution is 6.02. The van der Waals surface area contributed by atoms with Crippen LogP contribution in [0.4, 0.5) is 26.3 Å². The van der Waals surface area contributed by atoms with Crippen molar-refractivity contribution in [2.24, 2.45) is 0 Å². The molecule has 4 aliphatic rings. The quantitative estimate of drug-likeness (QED) is 0.356. The standard InChI is InChI=1S/C29H26F6O2/c1-3-5-15-25-21(17-11-7-9-13-19(17)36-25)23-24(28(32,33)29(34,35)27(23,30)31)22-18-12-8-10-14-20(18)37-26(22,25)16-6-4-2/h7-14H,3-6,15-16H2,1-2H3/t25-,26-/m1/s1. The second-order valence-electron chi connectivity index (χ2n) is 10.3. The predicted octanol–water partition coefficient (Wildman–Crippen LogP) is 8.47. The van der Waals surface area contributed by atoms with E-state index in [-0.39, 0.29) is 46.6 Å². The molecule has 196 valence electrons. The minimum atomic E-state index is -5.63. The van der Waals surface area contributed by atoms with E-state index in [1.54, 1.807) is 36.4 Å². The zero-order chi connectivity index (χ0) is 26.4. The van der Waals surface area contributed by atoms with E-state index in [4.69, 9.17) is 9.47 Å². The number of halogens is 6. The van der Waals surface area contributed by atoms with Gasteiger partial charge in [-0.25, -0.2) is 0 Å². The molecule has 0 amide bonds. The number of rotatable bonds is 6. The topological polar surface area (TPSA) is 18.5 Å². The van der Waals surface area contributed by atoms with Gasteiger partial charge in [0.05, 0.1) is 0 Å². The molecule has 2 aromatic carbocycles. The summed E-state index contributed by atoms with van der Waals surface area (Å²) < 4.78 is 107.